The van der Waals surface area contributed by atoms with Gasteiger partial charge < -0.3 is 14.2 Å². The maximum atomic E-state index is 12.9. The van der Waals surface area contributed by atoms with Gasteiger partial charge in [-0.1, -0.05) is 11.6 Å². The van der Waals surface area contributed by atoms with Crippen molar-refractivity contribution < 1.29 is 9.64 Å². The molecule has 4 nitrogen and oxygen atoms in total. The predicted molar refractivity (Wildman–Crippen MR) is 84.4 cm³/mol. The quantitative estimate of drug-likeness (QED) is 0.824. The number of benzene rings is 1. The van der Waals surface area contributed by atoms with E-state index in [1.807, 2.05) is 0 Å². The highest BCUT2D eigenvalue weighted by Gasteiger charge is 2.41. The van der Waals surface area contributed by atoms with E-state index < -0.39 is 0 Å². The van der Waals surface area contributed by atoms with Gasteiger partial charge in [0.05, 0.1) is 30.9 Å². The third-order valence-electron chi connectivity index (χ3n) is 5.62. The summed E-state index contributed by atoms with van der Waals surface area (Å²) in [6.07, 6.45) is 2.51. The van der Waals surface area contributed by atoms with Crippen LogP contribution < -0.4 is 10.3 Å². The monoisotopic (exact) mass is 297 g/mol. The Morgan fingerprint density at radius 3 is 3.09 bits per heavy atom. The highest BCUT2D eigenvalue weighted by molar-refractivity contribution is 5.81. The van der Waals surface area contributed by atoms with E-state index in [1.165, 1.54) is 11.3 Å². The van der Waals surface area contributed by atoms with Crippen molar-refractivity contribution in [3.05, 3.63) is 45.2 Å². The van der Waals surface area contributed by atoms with Crippen LogP contribution in [0.1, 0.15) is 29.3 Å². The first-order valence-corrected chi connectivity index (χ1v) is 8.34. The zero-order chi connectivity index (χ0) is 14.8. The average molecular weight is 297 g/mol. The number of nitrogens with one attached hydrogen (secondary N) is 1. The molecule has 1 unspecified atom stereocenters. The van der Waals surface area contributed by atoms with E-state index in [0.29, 0.717) is 12.1 Å². The number of nitrogens with zero attached hydrogens (tertiary/aromatic N) is 1. The van der Waals surface area contributed by atoms with Crippen LogP contribution in [0, 0.1) is 6.92 Å². The summed E-state index contributed by atoms with van der Waals surface area (Å²) in [6.45, 7) is 6.24. The average Bonchev–Trinajstić information content (AvgIpc) is 3.22. The number of aromatic nitrogens is 1. The zero-order valence-corrected chi connectivity index (χ0v) is 12.9. The zero-order valence-electron chi connectivity index (χ0n) is 12.9. The molecule has 2 aliphatic heterocycles. The first-order valence-electron chi connectivity index (χ1n) is 8.34. The first-order chi connectivity index (χ1) is 10.7. The molecule has 3 aliphatic rings. The van der Waals surface area contributed by atoms with Crippen molar-refractivity contribution in [2.75, 3.05) is 19.7 Å². The van der Waals surface area contributed by atoms with E-state index in [0.717, 1.165) is 55.5 Å². The molecule has 1 aromatic carbocycles. The van der Waals surface area contributed by atoms with Gasteiger partial charge in [0, 0.05) is 17.4 Å². The minimum absolute atomic E-state index is 0.274. The highest BCUT2D eigenvalue weighted by Crippen LogP contribution is 2.32. The Balaban J connectivity index is 1.72. The minimum atomic E-state index is 0.274. The number of pyridine rings is 1. The molecule has 1 N–H and O–H groups in total. The van der Waals surface area contributed by atoms with Crippen molar-refractivity contribution in [1.82, 2.24) is 4.57 Å². The Morgan fingerprint density at radius 1 is 1.41 bits per heavy atom. The van der Waals surface area contributed by atoms with Gasteiger partial charge in [-0.3, -0.25) is 4.79 Å². The topological polar surface area (TPSA) is 39.0 Å². The molecule has 1 aromatic heterocycles. The molecular weight excluding hydrogens is 276 g/mol. The number of ether oxygens (including phenoxy) is 1. The second-order valence-electron chi connectivity index (χ2n) is 7.02. The summed E-state index contributed by atoms with van der Waals surface area (Å²) in [5.41, 5.74) is 4.97. The molecule has 0 amide bonds. The fraction of sp³-hybridized carbons (Fsp3) is 0.500. The summed E-state index contributed by atoms with van der Waals surface area (Å²) in [4.78, 5) is 14.5. The van der Waals surface area contributed by atoms with Crippen LogP contribution in [0.15, 0.2) is 23.0 Å². The molecule has 2 aromatic rings. The Morgan fingerprint density at radius 2 is 2.27 bits per heavy atom. The molecule has 5 rings (SSSR count). The molecule has 1 fully saturated rings. The standard InChI is InChI=1S/C18H20N2O2/c1-11-2-4-15-14(8-11)18(21)13-3-5-16-17(13)20(15)7-6-19(16)9-12-10-22-12/h2,4,8,12,16H,3,5-7,9-10H2,1H3/p+1/t12-,16-/m1/s1. The van der Waals surface area contributed by atoms with Crippen molar-refractivity contribution in [1.29, 1.82) is 0 Å². The van der Waals surface area contributed by atoms with Crippen molar-refractivity contribution in [2.24, 2.45) is 0 Å². The Hall–Kier alpha value is -1.65. The van der Waals surface area contributed by atoms with Gasteiger partial charge in [0.1, 0.15) is 18.7 Å². The summed E-state index contributed by atoms with van der Waals surface area (Å²) in [6, 6.07) is 6.81. The normalized spacial score (nSPS) is 28.9. The van der Waals surface area contributed by atoms with Crippen molar-refractivity contribution in [2.45, 2.75) is 38.5 Å². The van der Waals surface area contributed by atoms with Gasteiger partial charge in [0.15, 0.2) is 5.43 Å². The number of hydrogen-bond donors (Lipinski definition) is 1. The lowest BCUT2D eigenvalue weighted by Gasteiger charge is -2.33. The predicted octanol–water partition coefficient (Wildman–Crippen LogP) is 0.595. The van der Waals surface area contributed by atoms with Crippen LogP contribution in [-0.2, 0) is 17.7 Å². The molecule has 22 heavy (non-hydrogen) atoms. The third-order valence-corrected chi connectivity index (χ3v) is 5.62. The molecule has 0 spiro atoms. The van der Waals surface area contributed by atoms with Crippen LogP contribution in [0.3, 0.4) is 0 Å². The Labute approximate surface area is 129 Å². The Kier molecular flexibility index (Phi) is 2.59. The molecule has 0 radical (unpaired) electrons. The van der Waals surface area contributed by atoms with Crippen LogP contribution in [0.5, 0.6) is 0 Å². The van der Waals surface area contributed by atoms with Gasteiger partial charge in [-0.15, -0.1) is 0 Å². The molecule has 1 saturated heterocycles. The lowest BCUT2D eigenvalue weighted by molar-refractivity contribution is -0.936. The van der Waals surface area contributed by atoms with Crippen LogP contribution >= 0.6 is 0 Å². The number of hydrogen-bond acceptors (Lipinski definition) is 2. The third kappa shape index (κ3) is 1.74. The van der Waals surface area contributed by atoms with Crippen molar-refractivity contribution in [3.8, 4) is 0 Å². The smallest absolute Gasteiger partial charge is 0.193 e. The summed E-state index contributed by atoms with van der Waals surface area (Å²) >= 11 is 0. The van der Waals surface area contributed by atoms with E-state index >= 15 is 0 Å². The second-order valence-corrected chi connectivity index (χ2v) is 7.02. The fourth-order valence-electron chi connectivity index (χ4n) is 4.49. The van der Waals surface area contributed by atoms with Crippen LogP contribution in [0.2, 0.25) is 0 Å². The lowest BCUT2D eigenvalue weighted by Crippen LogP contribution is -3.14. The number of aryl methyl sites for hydroxylation is 1. The molecule has 0 saturated carbocycles. The van der Waals surface area contributed by atoms with Crippen molar-refractivity contribution in [3.63, 3.8) is 0 Å². The molecule has 3 atom stereocenters. The van der Waals surface area contributed by atoms with E-state index in [2.05, 4.69) is 29.7 Å². The lowest BCUT2D eigenvalue weighted by atomic mass is 10.0. The molecule has 0 bridgehead atoms. The van der Waals surface area contributed by atoms with Gasteiger partial charge in [0.2, 0.25) is 0 Å². The summed E-state index contributed by atoms with van der Waals surface area (Å²) < 4.78 is 7.86. The summed E-state index contributed by atoms with van der Waals surface area (Å²) in [7, 11) is 0. The number of rotatable bonds is 2. The van der Waals surface area contributed by atoms with Gasteiger partial charge in [-0.05, 0) is 25.5 Å². The number of fused-ring (bicyclic) bond motifs is 2. The van der Waals surface area contributed by atoms with Crippen LogP contribution in [0.4, 0.5) is 0 Å². The van der Waals surface area contributed by atoms with Crippen LogP contribution in [0.25, 0.3) is 10.9 Å². The maximum absolute atomic E-state index is 12.9. The number of epoxide rings is 1. The number of quaternary nitrogens is 1. The SMILES string of the molecule is Cc1ccc2c(c1)c(=O)c1c3n2CC[NH+](C[C@@H]2CO2)[C@@H]3CC1. The van der Waals surface area contributed by atoms with Gasteiger partial charge in [-0.25, -0.2) is 0 Å². The van der Waals surface area contributed by atoms with Gasteiger partial charge in [0.25, 0.3) is 0 Å². The fourth-order valence-corrected chi connectivity index (χ4v) is 4.49. The van der Waals surface area contributed by atoms with Crippen molar-refractivity contribution >= 4 is 10.9 Å². The van der Waals surface area contributed by atoms with E-state index in [4.69, 9.17) is 4.74 Å². The molecular formula is C18H21N2O2+. The molecule has 1 aliphatic carbocycles. The van der Waals surface area contributed by atoms with E-state index in [-0.39, 0.29) is 5.43 Å². The first kappa shape index (κ1) is 12.9. The molecule has 4 heteroatoms. The largest absolute Gasteiger partial charge is 0.367 e. The van der Waals surface area contributed by atoms with E-state index in [1.54, 1.807) is 4.90 Å². The van der Waals surface area contributed by atoms with E-state index in [9.17, 15) is 4.79 Å². The second kappa shape index (κ2) is 4.43. The van der Waals surface area contributed by atoms with Crippen LogP contribution in [-0.4, -0.2) is 30.4 Å². The molecule has 114 valence electrons. The molecule has 3 heterocycles. The van der Waals surface area contributed by atoms with Gasteiger partial charge in [-0.2, -0.15) is 0 Å². The summed E-state index contributed by atoms with van der Waals surface area (Å²) in [5.74, 6) is 0. The highest BCUT2D eigenvalue weighted by atomic mass is 16.6. The van der Waals surface area contributed by atoms with Gasteiger partial charge >= 0.3 is 0 Å². The Bertz CT molecular complexity index is 835. The summed E-state index contributed by atoms with van der Waals surface area (Å²) in [5, 5.41) is 0.911. The maximum Gasteiger partial charge on any atom is 0.193 e. The minimum Gasteiger partial charge on any atom is -0.367 e.